The summed E-state index contributed by atoms with van der Waals surface area (Å²) in [6.45, 7) is 2.42. The lowest BCUT2D eigenvalue weighted by Crippen LogP contribution is -2.33. The molecule has 116 valence electrons. The Kier molecular flexibility index (Phi) is 3.95. The van der Waals surface area contributed by atoms with Crippen molar-refractivity contribution in [3.05, 3.63) is 11.7 Å². The van der Waals surface area contributed by atoms with Gasteiger partial charge in [-0.05, 0) is 31.1 Å². The van der Waals surface area contributed by atoms with Gasteiger partial charge < -0.3 is 14.6 Å². The second-order valence-electron chi connectivity index (χ2n) is 6.87. The molecule has 2 aliphatic carbocycles. The van der Waals surface area contributed by atoms with Crippen LogP contribution in [0.1, 0.15) is 68.7 Å². The number of hydrogen-bond donors (Lipinski definition) is 1. The van der Waals surface area contributed by atoms with Crippen molar-refractivity contribution in [2.75, 3.05) is 19.7 Å². The summed E-state index contributed by atoms with van der Waals surface area (Å²) in [5, 5.41) is 7.48. The molecule has 1 aromatic heterocycles. The van der Waals surface area contributed by atoms with Gasteiger partial charge in [0.2, 0.25) is 11.7 Å². The first-order valence-electron chi connectivity index (χ1n) is 8.56. The predicted molar refractivity (Wildman–Crippen MR) is 77.9 cm³/mol. The van der Waals surface area contributed by atoms with Crippen molar-refractivity contribution >= 4 is 0 Å². The van der Waals surface area contributed by atoms with Crippen molar-refractivity contribution in [2.24, 2.45) is 11.8 Å². The Hall–Kier alpha value is -0.940. The van der Waals surface area contributed by atoms with E-state index >= 15 is 0 Å². The fraction of sp³-hybridized carbons (Fsp3) is 0.875. The van der Waals surface area contributed by atoms with E-state index in [1.807, 2.05) is 0 Å². The number of ether oxygens (including phenoxy) is 1. The average Bonchev–Trinajstić information content (AvgIpc) is 3.05. The molecule has 5 heteroatoms. The summed E-state index contributed by atoms with van der Waals surface area (Å²) in [4.78, 5) is 4.65. The summed E-state index contributed by atoms with van der Waals surface area (Å²) in [7, 11) is 0. The highest BCUT2D eigenvalue weighted by molar-refractivity contribution is 5.01. The van der Waals surface area contributed by atoms with Gasteiger partial charge in [0.25, 0.3) is 0 Å². The monoisotopic (exact) mass is 291 g/mol. The number of morpholine rings is 1. The lowest BCUT2D eigenvalue weighted by atomic mass is 9.67. The number of hydrogen-bond acceptors (Lipinski definition) is 5. The van der Waals surface area contributed by atoms with Crippen molar-refractivity contribution in [3.63, 3.8) is 0 Å². The van der Waals surface area contributed by atoms with Crippen LogP contribution in [0, 0.1) is 11.8 Å². The molecular weight excluding hydrogens is 266 g/mol. The van der Waals surface area contributed by atoms with Crippen LogP contribution in [0.3, 0.4) is 0 Å². The Balaban J connectivity index is 1.43. The largest absolute Gasteiger partial charge is 0.367 e. The van der Waals surface area contributed by atoms with Crippen molar-refractivity contribution in [2.45, 2.75) is 57.0 Å². The summed E-state index contributed by atoms with van der Waals surface area (Å²) >= 11 is 0. The van der Waals surface area contributed by atoms with E-state index in [1.165, 1.54) is 44.9 Å². The van der Waals surface area contributed by atoms with Crippen LogP contribution in [-0.4, -0.2) is 29.8 Å². The fourth-order valence-corrected chi connectivity index (χ4v) is 4.37. The van der Waals surface area contributed by atoms with Gasteiger partial charge >= 0.3 is 0 Å². The van der Waals surface area contributed by atoms with E-state index in [2.05, 4.69) is 15.5 Å². The van der Waals surface area contributed by atoms with E-state index in [-0.39, 0.29) is 6.10 Å². The highest BCUT2D eigenvalue weighted by Crippen LogP contribution is 2.45. The Morgan fingerprint density at radius 3 is 2.81 bits per heavy atom. The van der Waals surface area contributed by atoms with Crippen LogP contribution in [-0.2, 0) is 4.74 Å². The molecule has 4 atom stereocenters. The molecule has 0 amide bonds. The molecule has 0 aromatic carbocycles. The van der Waals surface area contributed by atoms with Crippen LogP contribution >= 0.6 is 0 Å². The second kappa shape index (κ2) is 6.05. The van der Waals surface area contributed by atoms with Crippen molar-refractivity contribution in [1.82, 2.24) is 15.5 Å². The first kappa shape index (κ1) is 13.7. The molecule has 5 nitrogen and oxygen atoms in total. The molecule has 0 radical (unpaired) electrons. The highest BCUT2D eigenvalue weighted by atomic mass is 16.5. The summed E-state index contributed by atoms with van der Waals surface area (Å²) in [6, 6.07) is 0. The van der Waals surface area contributed by atoms with Crippen LogP contribution < -0.4 is 5.32 Å². The average molecular weight is 291 g/mol. The van der Waals surface area contributed by atoms with Gasteiger partial charge in [-0.3, -0.25) is 0 Å². The van der Waals surface area contributed by atoms with E-state index < -0.39 is 0 Å². The predicted octanol–water partition coefficient (Wildman–Crippen LogP) is 2.80. The van der Waals surface area contributed by atoms with E-state index in [1.54, 1.807) is 0 Å². The standard InChI is InChI=1S/C16H25N3O2/c1-2-4-12-9-13(6-5-11(12)3-1)16-18-15(19-21-16)14-10-17-7-8-20-14/h11-14,17H,1-10H2. The SMILES string of the molecule is C1CCC2CC(c3nc(C4CNCCO4)no3)CCC2C1. The number of nitrogens with one attached hydrogen (secondary N) is 1. The van der Waals surface area contributed by atoms with Gasteiger partial charge in [0.15, 0.2) is 0 Å². The van der Waals surface area contributed by atoms with E-state index in [0.717, 1.165) is 43.2 Å². The molecule has 21 heavy (non-hydrogen) atoms. The van der Waals surface area contributed by atoms with Crippen molar-refractivity contribution in [1.29, 1.82) is 0 Å². The molecular formula is C16H25N3O2. The lowest BCUT2D eigenvalue weighted by Gasteiger charge is -2.38. The third-order valence-electron chi connectivity index (χ3n) is 5.56. The Morgan fingerprint density at radius 2 is 1.95 bits per heavy atom. The van der Waals surface area contributed by atoms with Crippen LogP contribution in [0.5, 0.6) is 0 Å². The van der Waals surface area contributed by atoms with Gasteiger partial charge in [-0.25, -0.2) is 0 Å². The quantitative estimate of drug-likeness (QED) is 0.908. The normalized spacial score (nSPS) is 37.1. The zero-order valence-corrected chi connectivity index (χ0v) is 12.6. The van der Waals surface area contributed by atoms with E-state index in [0.29, 0.717) is 5.92 Å². The maximum absolute atomic E-state index is 5.70. The Bertz CT molecular complexity index is 470. The maximum Gasteiger partial charge on any atom is 0.229 e. The minimum Gasteiger partial charge on any atom is -0.367 e. The van der Waals surface area contributed by atoms with Crippen LogP contribution in [0.25, 0.3) is 0 Å². The molecule has 1 aliphatic heterocycles. The summed E-state index contributed by atoms with van der Waals surface area (Å²) in [5.41, 5.74) is 0. The third kappa shape index (κ3) is 2.86. The van der Waals surface area contributed by atoms with Gasteiger partial charge in [0.05, 0.1) is 6.61 Å². The van der Waals surface area contributed by atoms with Crippen LogP contribution in [0.4, 0.5) is 0 Å². The summed E-state index contributed by atoms with van der Waals surface area (Å²) in [6.07, 6.45) is 9.44. The fourth-order valence-electron chi connectivity index (χ4n) is 4.37. The molecule has 4 rings (SSSR count). The molecule has 0 bridgehead atoms. The highest BCUT2D eigenvalue weighted by Gasteiger charge is 2.35. The van der Waals surface area contributed by atoms with Crippen LogP contribution in [0.15, 0.2) is 4.52 Å². The Morgan fingerprint density at radius 1 is 1.05 bits per heavy atom. The molecule has 1 aromatic rings. The van der Waals surface area contributed by atoms with Crippen molar-refractivity contribution < 1.29 is 9.26 Å². The topological polar surface area (TPSA) is 60.2 Å². The van der Waals surface area contributed by atoms with Crippen molar-refractivity contribution in [3.8, 4) is 0 Å². The molecule has 1 saturated heterocycles. The minimum atomic E-state index is -0.0396. The molecule has 1 N–H and O–H groups in total. The molecule has 3 aliphatic rings. The van der Waals surface area contributed by atoms with E-state index in [9.17, 15) is 0 Å². The molecule has 3 fully saturated rings. The first-order chi connectivity index (χ1) is 10.4. The summed E-state index contributed by atoms with van der Waals surface area (Å²) < 4.78 is 11.3. The molecule has 2 saturated carbocycles. The summed E-state index contributed by atoms with van der Waals surface area (Å²) in [5.74, 6) is 3.90. The molecule has 4 unspecified atom stereocenters. The van der Waals surface area contributed by atoms with Gasteiger partial charge in [-0.2, -0.15) is 4.98 Å². The van der Waals surface area contributed by atoms with Gasteiger partial charge in [-0.1, -0.05) is 30.8 Å². The zero-order valence-electron chi connectivity index (χ0n) is 12.6. The van der Waals surface area contributed by atoms with Gasteiger partial charge in [-0.15, -0.1) is 0 Å². The zero-order chi connectivity index (χ0) is 14.1. The second-order valence-corrected chi connectivity index (χ2v) is 6.87. The van der Waals surface area contributed by atoms with Crippen LogP contribution in [0.2, 0.25) is 0 Å². The lowest BCUT2D eigenvalue weighted by molar-refractivity contribution is 0.0208. The molecule has 0 spiro atoms. The van der Waals surface area contributed by atoms with E-state index in [4.69, 9.17) is 9.26 Å². The Labute approximate surface area is 125 Å². The number of nitrogens with zero attached hydrogens (tertiary/aromatic N) is 2. The number of fused-ring (bicyclic) bond motifs is 1. The van der Waals surface area contributed by atoms with Gasteiger partial charge in [0, 0.05) is 19.0 Å². The molecule has 2 heterocycles. The maximum atomic E-state index is 5.70. The smallest absolute Gasteiger partial charge is 0.229 e. The number of rotatable bonds is 2. The minimum absolute atomic E-state index is 0.0396. The third-order valence-corrected chi connectivity index (χ3v) is 5.56. The van der Waals surface area contributed by atoms with Gasteiger partial charge in [0.1, 0.15) is 6.10 Å². The number of aromatic nitrogens is 2. The first-order valence-corrected chi connectivity index (χ1v) is 8.56.